The van der Waals surface area contributed by atoms with Crippen LogP contribution in [-0.2, 0) is 13.2 Å². The second-order valence-corrected chi connectivity index (χ2v) is 7.32. The van der Waals surface area contributed by atoms with Crippen molar-refractivity contribution in [1.82, 2.24) is 9.78 Å². The maximum atomic E-state index is 11.2. The molecule has 4 rings (SSSR count). The Morgan fingerprint density at radius 2 is 1.89 bits per heavy atom. The molecule has 5 nitrogen and oxygen atoms in total. The maximum absolute atomic E-state index is 11.2. The SMILES string of the molecule is O=C(O)c1ccc2c(cnn2Cc2cc(Br)ccc2OCc2ccccc2)c1. The quantitative estimate of drug-likeness (QED) is 0.455. The summed E-state index contributed by atoms with van der Waals surface area (Å²) in [6.07, 6.45) is 1.68. The summed E-state index contributed by atoms with van der Waals surface area (Å²) >= 11 is 3.52. The Balaban J connectivity index is 1.61. The molecule has 0 bridgehead atoms. The van der Waals surface area contributed by atoms with E-state index in [2.05, 4.69) is 21.0 Å². The third-order valence-corrected chi connectivity index (χ3v) is 4.96. The summed E-state index contributed by atoms with van der Waals surface area (Å²) in [6.45, 7) is 0.997. The molecule has 6 heteroatoms. The summed E-state index contributed by atoms with van der Waals surface area (Å²) in [5.74, 6) is -0.156. The third-order valence-electron chi connectivity index (χ3n) is 4.47. The number of hydrogen-bond donors (Lipinski definition) is 1. The molecule has 1 aromatic heterocycles. The number of hydrogen-bond acceptors (Lipinski definition) is 3. The molecule has 0 atom stereocenters. The molecule has 0 radical (unpaired) electrons. The molecule has 3 aromatic carbocycles. The lowest BCUT2D eigenvalue weighted by Crippen LogP contribution is -2.05. The Bertz CT molecular complexity index is 1140. The molecule has 0 fully saturated rings. The van der Waals surface area contributed by atoms with E-state index in [0.717, 1.165) is 32.3 Å². The lowest BCUT2D eigenvalue weighted by atomic mass is 10.1. The molecule has 0 aliphatic rings. The van der Waals surface area contributed by atoms with Crippen molar-refractivity contribution in [1.29, 1.82) is 0 Å². The maximum Gasteiger partial charge on any atom is 0.335 e. The van der Waals surface area contributed by atoms with Crippen molar-refractivity contribution in [2.75, 3.05) is 0 Å². The zero-order valence-electron chi connectivity index (χ0n) is 14.9. The summed E-state index contributed by atoms with van der Waals surface area (Å²) in [6, 6.07) is 20.9. The number of aromatic nitrogens is 2. The van der Waals surface area contributed by atoms with Crippen molar-refractivity contribution in [3.8, 4) is 5.75 Å². The molecular weight excluding hydrogens is 420 g/mol. The predicted molar refractivity (Wildman–Crippen MR) is 111 cm³/mol. The monoisotopic (exact) mass is 436 g/mol. The van der Waals surface area contributed by atoms with E-state index in [9.17, 15) is 4.79 Å². The van der Waals surface area contributed by atoms with Gasteiger partial charge < -0.3 is 9.84 Å². The van der Waals surface area contributed by atoms with E-state index in [4.69, 9.17) is 9.84 Å². The summed E-state index contributed by atoms with van der Waals surface area (Å²) in [4.78, 5) is 11.2. The molecule has 0 aliphatic carbocycles. The van der Waals surface area contributed by atoms with Crippen LogP contribution in [0, 0.1) is 0 Å². The summed E-state index contributed by atoms with van der Waals surface area (Å²) < 4.78 is 8.85. The highest BCUT2D eigenvalue weighted by molar-refractivity contribution is 9.10. The molecule has 0 unspecified atom stereocenters. The average molecular weight is 437 g/mol. The van der Waals surface area contributed by atoms with E-state index in [0.29, 0.717) is 13.2 Å². The number of fused-ring (bicyclic) bond motifs is 1. The summed E-state index contributed by atoms with van der Waals surface area (Å²) in [5, 5.41) is 14.4. The van der Waals surface area contributed by atoms with Crippen LogP contribution in [-0.4, -0.2) is 20.9 Å². The van der Waals surface area contributed by atoms with Crippen molar-refractivity contribution < 1.29 is 14.6 Å². The predicted octanol–water partition coefficient (Wildman–Crippen LogP) is 5.12. The van der Waals surface area contributed by atoms with E-state index < -0.39 is 5.97 Å². The Kier molecular flexibility index (Phi) is 5.12. The third kappa shape index (κ3) is 3.92. The first-order valence-corrected chi connectivity index (χ1v) is 9.53. The van der Waals surface area contributed by atoms with Crippen molar-refractivity contribution in [3.05, 3.63) is 94.1 Å². The first kappa shape index (κ1) is 18.3. The largest absolute Gasteiger partial charge is 0.489 e. The average Bonchev–Trinajstić information content (AvgIpc) is 3.10. The standard InChI is InChI=1S/C22H17BrN2O3/c23-19-7-9-21(28-14-15-4-2-1-3-5-15)18(11-19)13-25-20-8-6-16(22(26)27)10-17(20)12-24-25/h1-12H,13-14H2,(H,26,27). The molecule has 140 valence electrons. The number of benzene rings is 3. The molecule has 1 N–H and O–H groups in total. The lowest BCUT2D eigenvalue weighted by molar-refractivity contribution is 0.0697. The number of nitrogens with zero attached hydrogens (tertiary/aromatic N) is 2. The van der Waals surface area contributed by atoms with Crippen molar-refractivity contribution in [2.45, 2.75) is 13.2 Å². The van der Waals surface area contributed by atoms with Gasteiger partial charge in [0.1, 0.15) is 12.4 Å². The molecular formula is C22H17BrN2O3. The van der Waals surface area contributed by atoms with Gasteiger partial charge in [-0.2, -0.15) is 5.10 Å². The zero-order chi connectivity index (χ0) is 19.5. The molecule has 0 saturated carbocycles. The Labute approximate surface area is 170 Å². The first-order valence-electron chi connectivity index (χ1n) is 8.74. The van der Waals surface area contributed by atoms with Gasteiger partial charge in [0.25, 0.3) is 0 Å². The van der Waals surface area contributed by atoms with Gasteiger partial charge in [-0.1, -0.05) is 46.3 Å². The van der Waals surface area contributed by atoms with Crippen LogP contribution in [0.25, 0.3) is 10.9 Å². The van der Waals surface area contributed by atoms with Crippen molar-refractivity contribution >= 4 is 32.8 Å². The van der Waals surface area contributed by atoms with Crippen LogP contribution in [0.15, 0.2) is 77.4 Å². The zero-order valence-corrected chi connectivity index (χ0v) is 16.5. The number of halogens is 1. The van der Waals surface area contributed by atoms with Gasteiger partial charge in [0, 0.05) is 15.4 Å². The lowest BCUT2D eigenvalue weighted by Gasteiger charge is -2.13. The van der Waals surface area contributed by atoms with E-state index >= 15 is 0 Å². The van der Waals surface area contributed by atoms with Crippen molar-refractivity contribution in [3.63, 3.8) is 0 Å². The van der Waals surface area contributed by atoms with Gasteiger partial charge in [0.15, 0.2) is 0 Å². The number of ether oxygens (including phenoxy) is 1. The smallest absolute Gasteiger partial charge is 0.335 e. The fraction of sp³-hybridized carbons (Fsp3) is 0.0909. The highest BCUT2D eigenvalue weighted by atomic mass is 79.9. The fourth-order valence-corrected chi connectivity index (χ4v) is 3.46. The molecule has 0 amide bonds. The summed E-state index contributed by atoms with van der Waals surface area (Å²) in [5.41, 5.74) is 3.21. The summed E-state index contributed by atoms with van der Waals surface area (Å²) in [7, 11) is 0. The van der Waals surface area contributed by atoms with E-state index in [-0.39, 0.29) is 5.56 Å². The minimum atomic E-state index is -0.946. The topological polar surface area (TPSA) is 64.3 Å². The first-order chi connectivity index (χ1) is 13.6. The second kappa shape index (κ2) is 7.86. The van der Waals surface area contributed by atoms with Crippen LogP contribution in [0.4, 0.5) is 0 Å². The van der Waals surface area contributed by atoms with Gasteiger partial charge in [0.05, 0.1) is 23.8 Å². The van der Waals surface area contributed by atoms with Crippen LogP contribution < -0.4 is 4.74 Å². The van der Waals surface area contributed by atoms with Crippen LogP contribution in [0.5, 0.6) is 5.75 Å². The van der Waals surface area contributed by atoms with E-state index in [1.165, 1.54) is 0 Å². The number of aromatic carboxylic acids is 1. The van der Waals surface area contributed by atoms with Gasteiger partial charge in [-0.25, -0.2) is 4.79 Å². The molecule has 1 heterocycles. The van der Waals surface area contributed by atoms with E-state index in [1.807, 2.05) is 53.2 Å². The Morgan fingerprint density at radius 1 is 1.07 bits per heavy atom. The van der Waals surface area contributed by atoms with Crippen LogP contribution in [0.3, 0.4) is 0 Å². The Morgan fingerprint density at radius 3 is 2.68 bits per heavy atom. The molecule has 0 aliphatic heterocycles. The number of carboxylic acids is 1. The fourth-order valence-electron chi connectivity index (χ4n) is 3.06. The van der Waals surface area contributed by atoms with Crippen LogP contribution in [0.2, 0.25) is 0 Å². The second-order valence-electron chi connectivity index (χ2n) is 6.41. The molecule has 28 heavy (non-hydrogen) atoms. The number of carbonyl (C=O) groups is 1. The Hall–Kier alpha value is -3.12. The molecule has 4 aromatic rings. The minimum Gasteiger partial charge on any atom is -0.489 e. The number of rotatable bonds is 6. The van der Waals surface area contributed by atoms with Crippen molar-refractivity contribution in [2.24, 2.45) is 0 Å². The van der Waals surface area contributed by atoms with Crippen LogP contribution >= 0.6 is 15.9 Å². The van der Waals surface area contributed by atoms with Gasteiger partial charge in [-0.15, -0.1) is 0 Å². The molecule has 0 saturated heterocycles. The van der Waals surface area contributed by atoms with Gasteiger partial charge in [-0.05, 0) is 42.0 Å². The molecule has 0 spiro atoms. The van der Waals surface area contributed by atoms with Gasteiger partial charge in [0.2, 0.25) is 0 Å². The number of carboxylic acid groups (broad SMARTS) is 1. The van der Waals surface area contributed by atoms with E-state index in [1.54, 1.807) is 24.4 Å². The van der Waals surface area contributed by atoms with Gasteiger partial charge >= 0.3 is 5.97 Å². The van der Waals surface area contributed by atoms with Crippen LogP contribution in [0.1, 0.15) is 21.5 Å². The highest BCUT2D eigenvalue weighted by Gasteiger charge is 2.11. The normalized spacial score (nSPS) is 10.9. The van der Waals surface area contributed by atoms with Gasteiger partial charge in [-0.3, -0.25) is 4.68 Å². The highest BCUT2D eigenvalue weighted by Crippen LogP contribution is 2.26. The minimum absolute atomic E-state index is 0.251.